The van der Waals surface area contributed by atoms with Gasteiger partial charge in [0.2, 0.25) is 5.92 Å². The third-order valence-electron chi connectivity index (χ3n) is 4.87. The Hall–Kier alpha value is -2.64. The Morgan fingerprint density at radius 2 is 1.90 bits per heavy atom. The number of aromatic nitrogens is 2. The van der Waals surface area contributed by atoms with Gasteiger partial charge in [0.15, 0.2) is 11.5 Å². The minimum Gasteiger partial charge on any atom is -0.304 e. The molecule has 2 aliphatic rings. The molecule has 0 aromatic carbocycles. The second-order valence-electron chi connectivity index (χ2n) is 7.06. The van der Waals surface area contributed by atoms with Crippen molar-refractivity contribution in [3.63, 3.8) is 0 Å². The van der Waals surface area contributed by atoms with Gasteiger partial charge in [0.1, 0.15) is 5.70 Å². The van der Waals surface area contributed by atoms with E-state index in [2.05, 4.69) is 19.7 Å². The highest BCUT2D eigenvalue weighted by Crippen LogP contribution is 2.38. The molecule has 1 aromatic heterocycles. The SMILES string of the molecule is CCN1C(C(=O)Nc2cncc(C(F)(F)F)n2)=CC(C2CCC(F)(F)CC2)=NS1(=O)=O. The Morgan fingerprint density at radius 1 is 1.26 bits per heavy atom. The molecular formula is C17H18F5N5O3S. The van der Waals surface area contributed by atoms with Gasteiger partial charge in [-0.2, -0.15) is 21.6 Å². The van der Waals surface area contributed by atoms with Gasteiger partial charge in [0.05, 0.1) is 18.1 Å². The topological polar surface area (TPSA) is 105 Å². The van der Waals surface area contributed by atoms with Gasteiger partial charge < -0.3 is 5.32 Å². The molecule has 0 saturated heterocycles. The summed E-state index contributed by atoms with van der Waals surface area (Å²) >= 11 is 0. The molecule has 1 amide bonds. The molecule has 31 heavy (non-hydrogen) atoms. The van der Waals surface area contributed by atoms with Crippen LogP contribution in [0.25, 0.3) is 0 Å². The molecule has 1 aliphatic heterocycles. The van der Waals surface area contributed by atoms with Crippen LogP contribution in [0.1, 0.15) is 38.3 Å². The first-order valence-corrected chi connectivity index (χ1v) is 10.6. The number of alkyl halides is 5. The van der Waals surface area contributed by atoms with E-state index in [1.54, 1.807) is 0 Å². The Morgan fingerprint density at radius 3 is 2.48 bits per heavy atom. The number of hydrogen-bond acceptors (Lipinski definition) is 5. The van der Waals surface area contributed by atoms with Crippen molar-refractivity contribution in [1.29, 1.82) is 0 Å². The fraction of sp³-hybridized carbons (Fsp3) is 0.529. The van der Waals surface area contributed by atoms with E-state index in [1.165, 1.54) is 6.92 Å². The molecule has 0 spiro atoms. The maximum atomic E-state index is 13.4. The first kappa shape index (κ1) is 23.0. The summed E-state index contributed by atoms with van der Waals surface area (Å²) < 4.78 is 94.7. The lowest BCUT2D eigenvalue weighted by Gasteiger charge is -2.31. The van der Waals surface area contributed by atoms with E-state index in [1.807, 2.05) is 0 Å². The molecule has 1 fully saturated rings. The number of nitrogens with one attached hydrogen (secondary N) is 1. The average molecular weight is 467 g/mol. The molecule has 170 valence electrons. The monoisotopic (exact) mass is 467 g/mol. The highest BCUT2D eigenvalue weighted by Gasteiger charge is 2.39. The maximum absolute atomic E-state index is 13.4. The number of allylic oxidation sites excluding steroid dienone is 1. The summed E-state index contributed by atoms with van der Waals surface area (Å²) in [5.41, 5.74) is -1.78. The van der Waals surface area contributed by atoms with Crippen LogP contribution in [-0.4, -0.2) is 46.8 Å². The molecule has 0 unspecified atom stereocenters. The fourth-order valence-corrected chi connectivity index (χ4v) is 4.61. The molecule has 14 heteroatoms. The summed E-state index contributed by atoms with van der Waals surface area (Å²) in [5.74, 6) is -5.01. The van der Waals surface area contributed by atoms with Crippen molar-refractivity contribution < 1.29 is 35.2 Å². The Kier molecular flexibility index (Phi) is 6.04. The highest BCUT2D eigenvalue weighted by atomic mass is 32.2. The zero-order valence-corrected chi connectivity index (χ0v) is 17.0. The normalized spacial score (nSPS) is 21.3. The molecule has 8 nitrogen and oxygen atoms in total. The number of hydrogen-bond donors (Lipinski definition) is 1. The number of likely N-dealkylation sites (N-methyl/N-ethyl adjacent to an activating group) is 1. The summed E-state index contributed by atoms with van der Waals surface area (Å²) in [6.45, 7) is 1.25. The van der Waals surface area contributed by atoms with Crippen molar-refractivity contribution in [3.8, 4) is 0 Å². The van der Waals surface area contributed by atoms with Crippen LogP contribution in [-0.2, 0) is 21.2 Å². The highest BCUT2D eigenvalue weighted by molar-refractivity contribution is 7.88. The van der Waals surface area contributed by atoms with Gasteiger partial charge in [-0.05, 0) is 25.8 Å². The molecule has 2 heterocycles. The molecule has 1 aliphatic carbocycles. The minimum absolute atomic E-state index is 0.0159. The largest absolute Gasteiger partial charge is 0.434 e. The van der Waals surface area contributed by atoms with Crippen LogP contribution in [0.3, 0.4) is 0 Å². The third-order valence-corrected chi connectivity index (χ3v) is 6.33. The molecule has 3 rings (SSSR count). The van der Waals surface area contributed by atoms with Gasteiger partial charge in [-0.25, -0.2) is 18.1 Å². The Labute approximate surface area is 174 Å². The van der Waals surface area contributed by atoms with Crippen LogP contribution in [0.4, 0.5) is 27.8 Å². The molecule has 1 N–H and O–H groups in total. The van der Waals surface area contributed by atoms with Gasteiger partial charge in [0.25, 0.3) is 5.91 Å². The smallest absolute Gasteiger partial charge is 0.304 e. The summed E-state index contributed by atoms with van der Waals surface area (Å²) in [6, 6.07) is 0. The summed E-state index contributed by atoms with van der Waals surface area (Å²) in [4.78, 5) is 19.3. The number of anilines is 1. The number of carbonyl (C=O) groups excluding carboxylic acids is 1. The molecule has 1 aromatic rings. The number of nitrogens with zero attached hydrogens (tertiary/aromatic N) is 4. The van der Waals surface area contributed by atoms with E-state index in [0.29, 0.717) is 10.5 Å². The lowest BCUT2D eigenvalue weighted by Crippen LogP contribution is -2.40. The van der Waals surface area contributed by atoms with Crippen molar-refractivity contribution in [1.82, 2.24) is 14.3 Å². The standard InChI is InChI=1S/C17H18F5N5O3S/c1-2-27-12(15(28)25-14-9-23-8-13(24-14)17(20,21)22)7-11(26-31(27,29)30)10-3-5-16(18,19)6-4-10/h7-10H,2-6H2,1H3,(H,24,25,28). The van der Waals surface area contributed by atoms with Gasteiger partial charge in [-0.3, -0.25) is 9.78 Å². The quantitative estimate of drug-likeness (QED) is 0.685. The molecule has 0 radical (unpaired) electrons. The first-order chi connectivity index (χ1) is 14.3. The van der Waals surface area contributed by atoms with Crippen molar-refractivity contribution >= 4 is 27.6 Å². The number of rotatable bonds is 4. The van der Waals surface area contributed by atoms with Crippen LogP contribution < -0.4 is 5.32 Å². The van der Waals surface area contributed by atoms with E-state index in [-0.39, 0.29) is 25.1 Å². The Balaban J connectivity index is 1.89. The van der Waals surface area contributed by atoms with Crippen molar-refractivity contribution in [2.24, 2.45) is 10.3 Å². The van der Waals surface area contributed by atoms with E-state index < -0.39 is 64.2 Å². The lowest BCUT2D eigenvalue weighted by atomic mass is 9.83. The minimum atomic E-state index is -4.79. The Bertz CT molecular complexity index is 1030. The van der Waals surface area contributed by atoms with Gasteiger partial charge >= 0.3 is 16.4 Å². The van der Waals surface area contributed by atoms with Gasteiger partial charge in [0, 0.05) is 25.3 Å². The fourth-order valence-electron chi connectivity index (χ4n) is 3.33. The van der Waals surface area contributed by atoms with Crippen LogP contribution in [0.5, 0.6) is 0 Å². The van der Waals surface area contributed by atoms with E-state index in [4.69, 9.17) is 0 Å². The second kappa shape index (κ2) is 8.13. The van der Waals surface area contributed by atoms with Crippen molar-refractivity contribution in [3.05, 3.63) is 29.9 Å². The average Bonchev–Trinajstić information content (AvgIpc) is 2.66. The zero-order chi connectivity index (χ0) is 23.0. The maximum Gasteiger partial charge on any atom is 0.434 e. The number of carbonyl (C=O) groups is 1. The first-order valence-electron chi connectivity index (χ1n) is 9.25. The molecular weight excluding hydrogens is 449 g/mol. The number of halogens is 5. The van der Waals surface area contributed by atoms with E-state index in [0.717, 1.165) is 12.3 Å². The van der Waals surface area contributed by atoms with Crippen molar-refractivity contribution in [2.45, 2.75) is 44.7 Å². The van der Waals surface area contributed by atoms with E-state index in [9.17, 15) is 35.2 Å². The van der Waals surface area contributed by atoms with Gasteiger partial charge in [-0.15, -0.1) is 4.40 Å². The summed E-state index contributed by atoms with van der Waals surface area (Å²) in [6.07, 6.45) is -3.20. The summed E-state index contributed by atoms with van der Waals surface area (Å²) in [7, 11) is -4.33. The lowest BCUT2D eigenvalue weighted by molar-refractivity contribution is -0.141. The molecule has 1 saturated carbocycles. The summed E-state index contributed by atoms with van der Waals surface area (Å²) in [5, 5.41) is 2.10. The van der Waals surface area contributed by atoms with E-state index >= 15 is 0 Å². The van der Waals surface area contributed by atoms with Crippen LogP contribution in [0.2, 0.25) is 0 Å². The molecule has 0 atom stereocenters. The zero-order valence-electron chi connectivity index (χ0n) is 16.2. The van der Waals surface area contributed by atoms with Crippen molar-refractivity contribution in [2.75, 3.05) is 11.9 Å². The van der Waals surface area contributed by atoms with Crippen LogP contribution >= 0.6 is 0 Å². The third kappa shape index (κ3) is 5.17. The molecule has 0 bridgehead atoms. The predicted octanol–water partition coefficient (Wildman–Crippen LogP) is 3.16. The van der Waals surface area contributed by atoms with Crippen LogP contribution in [0.15, 0.2) is 28.6 Å². The van der Waals surface area contributed by atoms with Crippen LogP contribution in [0, 0.1) is 5.92 Å². The van der Waals surface area contributed by atoms with Gasteiger partial charge in [-0.1, -0.05) is 0 Å². The number of amides is 1. The second-order valence-corrected chi connectivity index (χ2v) is 8.58. The predicted molar refractivity (Wildman–Crippen MR) is 99.4 cm³/mol.